The van der Waals surface area contributed by atoms with Crippen LogP contribution in [-0.2, 0) is 0 Å². The predicted octanol–water partition coefficient (Wildman–Crippen LogP) is 2.17. The van der Waals surface area contributed by atoms with Gasteiger partial charge in [-0.1, -0.05) is 0 Å². The normalized spacial score (nSPS) is 12.6. The van der Waals surface area contributed by atoms with Crippen LogP contribution in [0.5, 0.6) is 5.75 Å². The highest BCUT2D eigenvalue weighted by Crippen LogP contribution is 2.37. The number of nitrogens with two attached hydrogens (primary N) is 1. The summed E-state index contributed by atoms with van der Waals surface area (Å²) < 4.78 is 6.12. The van der Waals surface area contributed by atoms with Crippen LogP contribution in [0.1, 0.15) is 11.6 Å². The number of aliphatic hydroxyl groups is 1. The van der Waals surface area contributed by atoms with Crippen LogP contribution in [0.15, 0.2) is 21.5 Å². The third-order valence-electron chi connectivity index (χ3n) is 2.08. The number of methoxy groups -OCH3 is 1. The van der Waals surface area contributed by atoms with Crippen LogP contribution in [0.25, 0.3) is 0 Å². The number of thioether (sulfide) groups is 1. The van der Waals surface area contributed by atoms with Crippen molar-refractivity contribution in [2.45, 2.75) is 10.9 Å². The molecule has 1 aromatic rings. The molecule has 1 aromatic carbocycles. The molecule has 0 fully saturated rings. The van der Waals surface area contributed by atoms with Gasteiger partial charge in [-0.05, 0) is 39.9 Å². The highest BCUT2D eigenvalue weighted by atomic mass is 79.9. The van der Waals surface area contributed by atoms with Crippen LogP contribution in [0.3, 0.4) is 0 Å². The number of hydrogen-bond donors (Lipinski definition) is 2. The first-order chi connectivity index (χ1) is 7.13. The third kappa shape index (κ3) is 2.87. The van der Waals surface area contributed by atoms with Gasteiger partial charge >= 0.3 is 0 Å². The average molecular weight is 292 g/mol. The van der Waals surface area contributed by atoms with Crippen molar-refractivity contribution in [3.63, 3.8) is 0 Å². The average Bonchev–Trinajstić information content (AvgIpc) is 2.26. The van der Waals surface area contributed by atoms with Crippen LogP contribution >= 0.6 is 27.7 Å². The molecule has 3 N–H and O–H groups in total. The van der Waals surface area contributed by atoms with Gasteiger partial charge in [0.1, 0.15) is 5.75 Å². The molecule has 0 saturated carbocycles. The van der Waals surface area contributed by atoms with E-state index in [4.69, 9.17) is 15.6 Å². The second-order valence-electron chi connectivity index (χ2n) is 3.03. The van der Waals surface area contributed by atoms with Crippen molar-refractivity contribution in [1.82, 2.24) is 0 Å². The van der Waals surface area contributed by atoms with Crippen molar-refractivity contribution in [3.8, 4) is 5.75 Å². The zero-order valence-electron chi connectivity index (χ0n) is 8.66. The van der Waals surface area contributed by atoms with Crippen LogP contribution in [-0.4, -0.2) is 25.1 Å². The molecule has 3 nitrogen and oxygen atoms in total. The lowest BCUT2D eigenvalue weighted by molar-refractivity contribution is 0.267. The Morgan fingerprint density at radius 1 is 1.60 bits per heavy atom. The highest BCUT2D eigenvalue weighted by Gasteiger charge is 2.12. The summed E-state index contributed by atoms with van der Waals surface area (Å²) in [7, 11) is 1.63. The number of halogens is 1. The first kappa shape index (κ1) is 12.8. The third-order valence-corrected chi connectivity index (χ3v) is 3.41. The van der Waals surface area contributed by atoms with E-state index in [0.717, 1.165) is 20.7 Å². The van der Waals surface area contributed by atoms with Gasteiger partial charge in [0, 0.05) is 0 Å². The van der Waals surface area contributed by atoms with E-state index in [2.05, 4.69) is 15.9 Å². The molecule has 0 radical (unpaired) electrons. The zero-order valence-corrected chi connectivity index (χ0v) is 11.1. The van der Waals surface area contributed by atoms with Gasteiger partial charge in [0.2, 0.25) is 0 Å². The van der Waals surface area contributed by atoms with Gasteiger partial charge in [0.25, 0.3) is 0 Å². The predicted molar refractivity (Wildman–Crippen MR) is 66.5 cm³/mol. The number of rotatable bonds is 4. The summed E-state index contributed by atoms with van der Waals surface area (Å²) in [5, 5.41) is 8.99. The summed E-state index contributed by atoms with van der Waals surface area (Å²) in [5.74, 6) is 0.802. The summed E-state index contributed by atoms with van der Waals surface area (Å²) in [6.07, 6.45) is 1.97. The summed E-state index contributed by atoms with van der Waals surface area (Å²) >= 11 is 5.00. The van der Waals surface area contributed by atoms with Crippen molar-refractivity contribution in [3.05, 3.63) is 22.2 Å². The standard InChI is InChI=1S/C10H14BrNO2S/c1-14-10-7(11)3-6(8(12)5-13)4-9(10)15-2/h3-4,8,13H,5,12H2,1-2H3. The van der Waals surface area contributed by atoms with E-state index in [9.17, 15) is 0 Å². The SMILES string of the molecule is COc1c(Br)cc(C(N)CO)cc1SC. The molecule has 0 aliphatic rings. The number of hydrogen-bond acceptors (Lipinski definition) is 4. The lowest BCUT2D eigenvalue weighted by atomic mass is 10.1. The minimum absolute atomic E-state index is 0.0629. The fourth-order valence-corrected chi connectivity index (χ4v) is 2.66. The maximum Gasteiger partial charge on any atom is 0.146 e. The molecule has 0 aliphatic carbocycles. The Kier molecular flexibility index (Phi) is 4.92. The maximum absolute atomic E-state index is 8.99. The molecule has 0 aromatic heterocycles. The molecule has 0 saturated heterocycles. The van der Waals surface area contributed by atoms with E-state index in [-0.39, 0.29) is 12.6 Å². The molecule has 1 unspecified atom stereocenters. The zero-order chi connectivity index (χ0) is 11.4. The van der Waals surface area contributed by atoms with E-state index in [1.165, 1.54) is 0 Å². The Morgan fingerprint density at radius 3 is 2.73 bits per heavy atom. The van der Waals surface area contributed by atoms with Crippen LogP contribution in [0, 0.1) is 0 Å². The van der Waals surface area contributed by atoms with E-state index < -0.39 is 0 Å². The molecule has 0 heterocycles. The number of ether oxygens (including phenoxy) is 1. The minimum Gasteiger partial charge on any atom is -0.494 e. The number of aliphatic hydroxyl groups excluding tert-OH is 1. The Labute approximate surface area is 102 Å². The lowest BCUT2D eigenvalue weighted by Gasteiger charge is -2.14. The molecule has 0 amide bonds. The van der Waals surface area contributed by atoms with Crippen molar-refractivity contribution in [2.75, 3.05) is 20.0 Å². The number of benzene rings is 1. The van der Waals surface area contributed by atoms with E-state index in [1.807, 2.05) is 18.4 Å². The van der Waals surface area contributed by atoms with Gasteiger partial charge in [-0.25, -0.2) is 0 Å². The second kappa shape index (κ2) is 5.75. The quantitative estimate of drug-likeness (QED) is 0.835. The maximum atomic E-state index is 8.99. The smallest absolute Gasteiger partial charge is 0.146 e. The summed E-state index contributed by atoms with van der Waals surface area (Å²) in [6.45, 7) is -0.0629. The topological polar surface area (TPSA) is 55.5 Å². The van der Waals surface area contributed by atoms with Gasteiger partial charge in [0.15, 0.2) is 0 Å². The summed E-state index contributed by atoms with van der Waals surface area (Å²) in [6, 6.07) is 3.47. The molecule has 0 spiro atoms. The van der Waals surface area contributed by atoms with E-state index in [0.29, 0.717) is 0 Å². The molecular formula is C10H14BrNO2S. The van der Waals surface area contributed by atoms with Gasteiger partial charge < -0.3 is 15.6 Å². The molecule has 0 bridgehead atoms. The Bertz CT molecular complexity index is 346. The second-order valence-corrected chi connectivity index (χ2v) is 4.73. The Morgan fingerprint density at radius 2 is 2.27 bits per heavy atom. The molecule has 15 heavy (non-hydrogen) atoms. The fraction of sp³-hybridized carbons (Fsp3) is 0.400. The monoisotopic (exact) mass is 291 g/mol. The molecule has 5 heteroatoms. The lowest BCUT2D eigenvalue weighted by Crippen LogP contribution is -2.14. The van der Waals surface area contributed by atoms with Gasteiger partial charge in [-0.3, -0.25) is 0 Å². The highest BCUT2D eigenvalue weighted by molar-refractivity contribution is 9.10. The first-order valence-electron chi connectivity index (χ1n) is 4.41. The van der Waals surface area contributed by atoms with Crippen molar-refractivity contribution < 1.29 is 9.84 Å². The first-order valence-corrected chi connectivity index (χ1v) is 6.43. The Balaban J connectivity index is 3.19. The minimum atomic E-state index is -0.349. The summed E-state index contributed by atoms with van der Waals surface area (Å²) in [5.41, 5.74) is 6.66. The van der Waals surface area contributed by atoms with Crippen molar-refractivity contribution >= 4 is 27.7 Å². The van der Waals surface area contributed by atoms with Gasteiger partial charge in [0.05, 0.1) is 29.1 Å². The summed E-state index contributed by atoms with van der Waals surface area (Å²) in [4.78, 5) is 1.01. The van der Waals surface area contributed by atoms with Crippen molar-refractivity contribution in [1.29, 1.82) is 0 Å². The molecule has 0 aliphatic heterocycles. The largest absolute Gasteiger partial charge is 0.494 e. The molecule has 84 valence electrons. The van der Waals surface area contributed by atoms with Crippen LogP contribution in [0.2, 0.25) is 0 Å². The molecule has 1 atom stereocenters. The Hall–Kier alpha value is -0.230. The van der Waals surface area contributed by atoms with Crippen LogP contribution in [0.4, 0.5) is 0 Å². The van der Waals surface area contributed by atoms with E-state index in [1.54, 1.807) is 18.9 Å². The van der Waals surface area contributed by atoms with Gasteiger partial charge in [-0.15, -0.1) is 11.8 Å². The van der Waals surface area contributed by atoms with Crippen LogP contribution < -0.4 is 10.5 Å². The molecular weight excluding hydrogens is 278 g/mol. The van der Waals surface area contributed by atoms with Gasteiger partial charge in [-0.2, -0.15) is 0 Å². The van der Waals surface area contributed by atoms with E-state index >= 15 is 0 Å². The van der Waals surface area contributed by atoms with Crippen molar-refractivity contribution in [2.24, 2.45) is 5.73 Å². The molecule has 1 rings (SSSR count). The fourth-order valence-electron chi connectivity index (χ4n) is 1.26.